The van der Waals surface area contributed by atoms with Gasteiger partial charge in [-0.3, -0.25) is 0 Å². The summed E-state index contributed by atoms with van der Waals surface area (Å²) in [5.74, 6) is 0. The van der Waals surface area contributed by atoms with Crippen LogP contribution < -0.4 is 4.57 Å². The summed E-state index contributed by atoms with van der Waals surface area (Å²) in [6.07, 6.45) is 13.7. The van der Waals surface area contributed by atoms with Crippen molar-refractivity contribution in [1.29, 1.82) is 0 Å². The van der Waals surface area contributed by atoms with Crippen molar-refractivity contribution < 1.29 is 4.57 Å². The third kappa shape index (κ3) is 3.37. The Morgan fingerprint density at radius 3 is 2.95 bits per heavy atom. The molecule has 2 aromatic heterocycles. The van der Waals surface area contributed by atoms with E-state index in [1.807, 2.05) is 0 Å². The molecule has 20 heavy (non-hydrogen) atoms. The topological polar surface area (TPSA) is 3.88 Å². The van der Waals surface area contributed by atoms with Gasteiger partial charge in [0.1, 0.15) is 0 Å². The molecule has 2 aromatic rings. The summed E-state index contributed by atoms with van der Waals surface area (Å²) in [7, 11) is 0. The molecule has 0 saturated heterocycles. The lowest BCUT2D eigenvalue weighted by molar-refractivity contribution is -0.702. The minimum absolute atomic E-state index is 0.281. The number of unbranched alkanes of at least 4 members (excludes halogenated alkanes) is 2. The smallest absolute Gasteiger partial charge is 0.193 e. The van der Waals surface area contributed by atoms with Crippen molar-refractivity contribution in [2.75, 3.05) is 0 Å². The lowest BCUT2D eigenvalue weighted by Crippen LogP contribution is -2.38. The Balaban J connectivity index is 2.23. The molecular formula is C18H24NS+. The van der Waals surface area contributed by atoms with Gasteiger partial charge in [0.25, 0.3) is 0 Å². The van der Waals surface area contributed by atoms with Crippen LogP contribution in [0.1, 0.15) is 45.6 Å². The first-order valence-electron chi connectivity index (χ1n) is 7.45. The molecule has 0 amide bonds. The van der Waals surface area contributed by atoms with Crippen molar-refractivity contribution >= 4 is 21.4 Å². The average molecular weight is 286 g/mol. The molecule has 2 rings (SSSR count). The Hall–Kier alpha value is -1.41. The van der Waals surface area contributed by atoms with Gasteiger partial charge < -0.3 is 0 Å². The SMILES string of the molecule is C=CC(C(=CC)CCCCC)[n+]1ccc2ccsc2c1. The summed E-state index contributed by atoms with van der Waals surface area (Å²) in [5, 5.41) is 3.47. The van der Waals surface area contributed by atoms with Crippen molar-refractivity contribution in [2.24, 2.45) is 0 Å². The van der Waals surface area contributed by atoms with E-state index in [4.69, 9.17) is 0 Å². The van der Waals surface area contributed by atoms with E-state index in [0.717, 1.165) is 6.42 Å². The molecule has 0 fully saturated rings. The van der Waals surface area contributed by atoms with E-state index in [2.05, 4.69) is 67.1 Å². The number of fused-ring (bicyclic) bond motifs is 1. The molecule has 0 aliphatic heterocycles. The first kappa shape index (κ1) is 15.0. The molecule has 0 radical (unpaired) electrons. The third-order valence-electron chi connectivity index (χ3n) is 3.78. The van der Waals surface area contributed by atoms with E-state index < -0.39 is 0 Å². The minimum atomic E-state index is 0.281. The van der Waals surface area contributed by atoms with Gasteiger partial charge in [-0.1, -0.05) is 32.4 Å². The van der Waals surface area contributed by atoms with Gasteiger partial charge in [0.05, 0.1) is 4.70 Å². The van der Waals surface area contributed by atoms with Crippen molar-refractivity contribution in [3.8, 4) is 0 Å². The highest BCUT2D eigenvalue weighted by atomic mass is 32.1. The fourth-order valence-electron chi connectivity index (χ4n) is 2.60. The summed E-state index contributed by atoms with van der Waals surface area (Å²) >= 11 is 1.80. The van der Waals surface area contributed by atoms with Gasteiger partial charge in [-0.15, -0.1) is 11.3 Å². The van der Waals surface area contributed by atoms with Crippen molar-refractivity contribution in [3.05, 3.63) is 54.2 Å². The summed E-state index contributed by atoms with van der Waals surface area (Å²) in [6.45, 7) is 8.43. The van der Waals surface area contributed by atoms with E-state index in [1.165, 1.54) is 34.9 Å². The first-order valence-corrected chi connectivity index (χ1v) is 8.33. The number of hydrogen-bond acceptors (Lipinski definition) is 1. The number of nitrogens with zero attached hydrogens (tertiary/aromatic N) is 1. The highest BCUT2D eigenvalue weighted by molar-refractivity contribution is 7.17. The number of rotatable bonds is 7. The van der Waals surface area contributed by atoms with Gasteiger partial charge in [0.2, 0.25) is 0 Å². The van der Waals surface area contributed by atoms with Crippen molar-refractivity contribution in [1.82, 2.24) is 0 Å². The number of pyridine rings is 1. The van der Waals surface area contributed by atoms with Crippen molar-refractivity contribution in [2.45, 2.75) is 45.6 Å². The molecule has 0 aliphatic carbocycles. The second-order valence-corrected chi connectivity index (χ2v) is 6.08. The fourth-order valence-corrected chi connectivity index (χ4v) is 3.41. The molecule has 0 aliphatic rings. The molecule has 0 saturated carbocycles. The van der Waals surface area contributed by atoms with Crippen LogP contribution in [0.25, 0.3) is 10.1 Å². The Morgan fingerprint density at radius 2 is 2.25 bits per heavy atom. The van der Waals surface area contributed by atoms with Crippen molar-refractivity contribution in [3.63, 3.8) is 0 Å². The van der Waals surface area contributed by atoms with E-state index in [0.29, 0.717) is 0 Å². The maximum Gasteiger partial charge on any atom is 0.197 e. The van der Waals surface area contributed by atoms with Crippen LogP contribution >= 0.6 is 11.3 Å². The van der Waals surface area contributed by atoms with Crippen LogP contribution in [-0.2, 0) is 0 Å². The quantitative estimate of drug-likeness (QED) is 0.362. The number of aromatic nitrogens is 1. The van der Waals surface area contributed by atoms with Gasteiger partial charge >= 0.3 is 0 Å². The van der Waals surface area contributed by atoms with Gasteiger partial charge in [-0.05, 0) is 42.9 Å². The number of thiophene rings is 1. The largest absolute Gasteiger partial charge is 0.197 e. The minimum Gasteiger partial charge on any atom is -0.193 e. The lowest BCUT2D eigenvalue weighted by atomic mass is 9.99. The molecule has 2 heteroatoms. The first-order chi connectivity index (χ1) is 9.80. The van der Waals surface area contributed by atoms with Crippen LogP contribution in [0.15, 0.2) is 54.2 Å². The average Bonchev–Trinajstić information content (AvgIpc) is 2.94. The molecule has 106 valence electrons. The molecule has 0 N–H and O–H groups in total. The second-order valence-electron chi connectivity index (χ2n) is 5.13. The highest BCUT2D eigenvalue weighted by Gasteiger charge is 2.19. The van der Waals surface area contributed by atoms with Crippen LogP contribution in [0, 0.1) is 0 Å². The normalized spacial score (nSPS) is 13.6. The lowest BCUT2D eigenvalue weighted by Gasteiger charge is -2.12. The zero-order valence-electron chi connectivity index (χ0n) is 12.5. The zero-order chi connectivity index (χ0) is 14.4. The predicted molar refractivity (Wildman–Crippen MR) is 89.2 cm³/mol. The van der Waals surface area contributed by atoms with Gasteiger partial charge in [0, 0.05) is 11.5 Å². The monoisotopic (exact) mass is 286 g/mol. The van der Waals surface area contributed by atoms with E-state index >= 15 is 0 Å². The van der Waals surface area contributed by atoms with Crippen LogP contribution in [0.4, 0.5) is 0 Å². The Morgan fingerprint density at radius 1 is 1.40 bits per heavy atom. The number of hydrogen-bond donors (Lipinski definition) is 0. The zero-order valence-corrected chi connectivity index (χ0v) is 13.3. The van der Waals surface area contributed by atoms with Crippen LogP contribution in [0.2, 0.25) is 0 Å². The Kier molecular flexibility index (Phi) is 5.54. The molecule has 0 aromatic carbocycles. The predicted octanol–water partition coefficient (Wildman–Crippen LogP) is 5.44. The summed E-state index contributed by atoms with van der Waals surface area (Å²) in [6, 6.07) is 4.65. The summed E-state index contributed by atoms with van der Waals surface area (Å²) < 4.78 is 3.62. The third-order valence-corrected chi connectivity index (χ3v) is 4.65. The Labute approximate surface area is 126 Å². The Bertz CT molecular complexity index is 594. The van der Waals surface area contributed by atoms with E-state index in [9.17, 15) is 0 Å². The summed E-state index contributed by atoms with van der Waals surface area (Å²) in [4.78, 5) is 0. The van der Waals surface area contributed by atoms with E-state index in [-0.39, 0.29) is 6.04 Å². The molecule has 2 heterocycles. The number of allylic oxidation sites excluding steroid dienone is 3. The highest BCUT2D eigenvalue weighted by Crippen LogP contribution is 2.22. The fraction of sp³-hybridized carbons (Fsp3) is 0.389. The van der Waals surface area contributed by atoms with Crippen LogP contribution in [0.5, 0.6) is 0 Å². The summed E-state index contributed by atoms with van der Waals surface area (Å²) in [5.41, 5.74) is 1.47. The molecule has 0 bridgehead atoms. The molecule has 1 unspecified atom stereocenters. The molecule has 1 atom stereocenters. The maximum absolute atomic E-state index is 4.04. The molecular weight excluding hydrogens is 262 g/mol. The van der Waals surface area contributed by atoms with E-state index in [1.54, 1.807) is 11.3 Å². The molecule has 0 spiro atoms. The standard InChI is InChI=1S/C18H24NS/c1-4-7-8-9-15(5-2)17(6-3)19-12-10-16-11-13-20-18(16)14-19/h5-6,10-14,17H,3-4,7-9H2,1-2H3/q+1. The van der Waals surface area contributed by atoms with Crippen LogP contribution in [0.3, 0.4) is 0 Å². The van der Waals surface area contributed by atoms with Gasteiger partial charge in [0.15, 0.2) is 18.4 Å². The van der Waals surface area contributed by atoms with Crippen LogP contribution in [-0.4, -0.2) is 0 Å². The van der Waals surface area contributed by atoms with Gasteiger partial charge in [-0.2, -0.15) is 4.57 Å². The van der Waals surface area contributed by atoms with Gasteiger partial charge in [-0.25, -0.2) is 0 Å². The second kappa shape index (κ2) is 7.39. The maximum atomic E-state index is 4.04. The molecule has 1 nitrogen and oxygen atoms in total.